The predicted molar refractivity (Wildman–Crippen MR) is 82.2 cm³/mol. The molecule has 0 radical (unpaired) electrons. The van der Waals surface area contributed by atoms with Crippen LogP contribution in [-0.4, -0.2) is 34.6 Å². The third-order valence-corrected chi connectivity index (χ3v) is 3.44. The molecule has 0 spiro atoms. The van der Waals surface area contributed by atoms with Crippen molar-refractivity contribution in [1.29, 1.82) is 0 Å². The SMILES string of the molecule is CC[C@H](C)[C@H](NC(=O)CCOc1ccccc1[N+](=O)[O-])C(=O)O. The van der Waals surface area contributed by atoms with Crippen LogP contribution in [0.25, 0.3) is 0 Å². The fourth-order valence-corrected chi connectivity index (χ4v) is 1.91. The number of carbonyl (C=O) groups is 2. The van der Waals surface area contributed by atoms with E-state index in [0.717, 1.165) is 0 Å². The summed E-state index contributed by atoms with van der Waals surface area (Å²) in [6.07, 6.45) is 0.524. The molecule has 8 nitrogen and oxygen atoms in total. The molecule has 23 heavy (non-hydrogen) atoms. The number of carbonyl (C=O) groups excluding carboxylic acids is 1. The molecule has 126 valence electrons. The maximum absolute atomic E-state index is 11.8. The Morgan fingerprint density at radius 1 is 1.39 bits per heavy atom. The van der Waals surface area contributed by atoms with E-state index in [1.165, 1.54) is 18.2 Å². The number of nitro groups is 1. The summed E-state index contributed by atoms with van der Waals surface area (Å²) >= 11 is 0. The van der Waals surface area contributed by atoms with E-state index in [2.05, 4.69) is 5.32 Å². The molecule has 1 rings (SSSR count). The molecule has 2 atom stereocenters. The van der Waals surface area contributed by atoms with Crippen LogP contribution in [0, 0.1) is 16.0 Å². The second-order valence-electron chi connectivity index (χ2n) is 5.09. The molecule has 0 aromatic heterocycles. The van der Waals surface area contributed by atoms with Crippen molar-refractivity contribution in [2.45, 2.75) is 32.7 Å². The number of carboxylic acids is 1. The van der Waals surface area contributed by atoms with Gasteiger partial charge in [0.2, 0.25) is 5.91 Å². The minimum atomic E-state index is -1.09. The lowest BCUT2D eigenvalue weighted by atomic mass is 9.99. The molecule has 0 fully saturated rings. The number of carboxylic acid groups (broad SMARTS) is 1. The largest absolute Gasteiger partial charge is 0.486 e. The van der Waals surface area contributed by atoms with E-state index < -0.39 is 22.8 Å². The molecule has 1 aromatic rings. The lowest BCUT2D eigenvalue weighted by Crippen LogP contribution is -2.45. The van der Waals surface area contributed by atoms with Crippen LogP contribution in [0.1, 0.15) is 26.7 Å². The maximum atomic E-state index is 11.8. The van der Waals surface area contributed by atoms with Crippen molar-refractivity contribution in [3.63, 3.8) is 0 Å². The number of benzene rings is 1. The minimum Gasteiger partial charge on any atom is -0.486 e. The Labute approximate surface area is 133 Å². The van der Waals surface area contributed by atoms with Crippen LogP contribution in [0.2, 0.25) is 0 Å². The molecule has 0 aliphatic heterocycles. The lowest BCUT2D eigenvalue weighted by molar-refractivity contribution is -0.385. The summed E-state index contributed by atoms with van der Waals surface area (Å²) in [7, 11) is 0. The van der Waals surface area contributed by atoms with Crippen LogP contribution in [0.5, 0.6) is 5.75 Å². The van der Waals surface area contributed by atoms with E-state index >= 15 is 0 Å². The van der Waals surface area contributed by atoms with Gasteiger partial charge in [-0.05, 0) is 12.0 Å². The van der Waals surface area contributed by atoms with Crippen molar-refractivity contribution in [1.82, 2.24) is 5.32 Å². The average Bonchev–Trinajstić information content (AvgIpc) is 2.51. The fourth-order valence-electron chi connectivity index (χ4n) is 1.91. The van der Waals surface area contributed by atoms with Crippen molar-refractivity contribution in [3.8, 4) is 5.75 Å². The monoisotopic (exact) mass is 324 g/mol. The normalized spacial score (nSPS) is 13.0. The van der Waals surface area contributed by atoms with Crippen molar-refractivity contribution in [2.75, 3.05) is 6.61 Å². The zero-order valence-electron chi connectivity index (χ0n) is 13.0. The first-order valence-corrected chi connectivity index (χ1v) is 7.25. The molecule has 1 amide bonds. The Morgan fingerprint density at radius 3 is 2.61 bits per heavy atom. The number of para-hydroxylation sites is 2. The molecule has 0 heterocycles. The summed E-state index contributed by atoms with van der Waals surface area (Å²) in [4.78, 5) is 33.2. The van der Waals surface area contributed by atoms with Gasteiger partial charge in [-0.15, -0.1) is 0 Å². The average molecular weight is 324 g/mol. The minimum absolute atomic E-state index is 0.0713. The first-order valence-electron chi connectivity index (χ1n) is 7.25. The van der Waals surface area contributed by atoms with Crippen LogP contribution in [-0.2, 0) is 9.59 Å². The van der Waals surface area contributed by atoms with Crippen LogP contribution in [0.15, 0.2) is 24.3 Å². The van der Waals surface area contributed by atoms with Crippen LogP contribution in [0.4, 0.5) is 5.69 Å². The topological polar surface area (TPSA) is 119 Å². The highest BCUT2D eigenvalue weighted by Crippen LogP contribution is 2.25. The van der Waals surface area contributed by atoms with E-state index in [9.17, 15) is 19.7 Å². The molecule has 0 saturated heterocycles. The number of hydrogen-bond donors (Lipinski definition) is 2. The third kappa shape index (κ3) is 5.57. The highest BCUT2D eigenvalue weighted by atomic mass is 16.6. The summed E-state index contributed by atoms with van der Waals surface area (Å²) in [6.45, 7) is 3.50. The van der Waals surface area contributed by atoms with E-state index in [4.69, 9.17) is 9.84 Å². The van der Waals surface area contributed by atoms with E-state index in [1.54, 1.807) is 13.0 Å². The van der Waals surface area contributed by atoms with Gasteiger partial charge in [0.25, 0.3) is 0 Å². The fraction of sp³-hybridized carbons (Fsp3) is 0.467. The number of nitro benzene ring substituents is 1. The molecule has 8 heteroatoms. The maximum Gasteiger partial charge on any atom is 0.326 e. The first-order chi connectivity index (χ1) is 10.9. The third-order valence-electron chi connectivity index (χ3n) is 3.44. The molecular formula is C15H20N2O6. The van der Waals surface area contributed by atoms with Gasteiger partial charge in [0, 0.05) is 6.07 Å². The number of hydrogen-bond acceptors (Lipinski definition) is 5. The summed E-state index contributed by atoms with van der Waals surface area (Å²) in [5, 5.41) is 22.4. The Kier molecular flexibility index (Phi) is 6.98. The van der Waals surface area contributed by atoms with Gasteiger partial charge >= 0.3 is 11.7 Å². The molecule has 0 aliphatic carbocycles. The van der Waals surface area contributed by atoms with Gasteiger partial charge in [-0.25, -0.2) is 4.79 Å². The lowest BCUT2D eigenvalue weighted by Gasteiger charge is -2.20. The molecule has 0 aliphatic rings. The van der Waals surface area contributed by atoms with Gasteiger partial charge < -0.3 is 15.2 Å². The molecule has 0 unspecified atom stereocenters. The number of nitrogens with zero attached hydrogens (tertiary/aromatic N) is 1. The van der Waals surface area contributed by atoms with Crippen LogP contribution >= 0.6 is 0 Å². The second-order valence-corrected chi connectivity index (χ2v) is 5.09. The van der Waals surface area contributed by atoms with Crippen molar-refractivity contribution in [2.24, 2.45) is 5.92 Å². The number of rotatable bonds is 9. The quantitative estimate of drug-likeness (QED) is 0.529. The molecule has 2 N–H and O–H groups in total. The molecule has 0 bridgehead atoms. The Balaban J connectivity index is 2.54. The van der Waals surface area contributed by atoms with Crippen molar-refractivity contribution in [3.05, 3.63) is 34.4 Å². The Bertz CT molecular complexity index is 575. The molecular weight excluding hydrogens is 304 g/mol. The number of nitrogens with one attached hydrogen (secondary N) is 1. The van der Waals surface area contributed by atoms with Gasteiger partial charge in [0.1, 0.15) is 6.04 Å². The number of amides is 1. The molecule has 1 aromatic carbocycles. The smallest absolute Gasteiger partial charge is 0.326 e. The zero-order valence-corrected chi connectivity index (χ0v) is 13.0. The highest BCUT2D eigenvalue weighted by Gasteiger charge is 2.25. The highest BCUT2D eigenvalue weighted by molar-refractivity contribution is 5.83. The number of ether oxygens (including phenoxy) is 1. The predicted octanol–water partition coefficient (Wildman–Crippen LogP) is 1.98. The summed E-state index contributed by atoms with van der Waals surface area (Å²) in [6, 6.07) is 4.89. The van der Waals surface area contributed by atoms with E-state index in [-0.39, 0.29) is 30.4 Å². The van der Waals surface area contributed by atoms with E-state index in [0.29, 0.717) is 6.42 Å². The van der Waals surface area contributed by atoms with Gasteiger partial charge in [0.05, 0.1) is 18.0 Å². The standard InChI is InChI=1S/C15H20N2O6/c1-3-10(2)14(15(19)20)16-13(18)8-9-23-12-7-5-4-6-11(12)17(21)22/h4-7,10,14H,3,8-9H2,1-2H3,(H,16,18)(H,19,20)/t10-,14-/m0/s1. The Hall–Kier alpha value is -2.64. The van der Waals surface area contributed by atoms with Gasteiger partial charge in [-0.3, -0.25) is 14.9 Å². The first kappa shape index (κ1) is 18.4. The van der Waals surface area contributed by atoms with Gasteiger partial charge in [0.15, 0.2) is 5.75 Å². The second kappa shape index (κ2) is 8.72. The van der Waals surface area contributed by atoms with Crippen molar-refractivity contribution < 1.29 is 24.4 Å². The summed E-state index contributed by atoms with van der Waals surface area (Å²) in [5.74, 6) is -1.70. The van der Waals surface area contributed by atoms with Gasteiger partial charge in [-0.1, -0.05) is 32.4 Å². The molecule has 0 saturated carbocycles. The van der Waals surface area contributed by atoms with Crippen LogP contribution < -0.4 is 10.1 Å². The summed E-state index contributed by atoms with van der Waals surface area (Å²) < 4.78 is 5.25. The van der Waals surface area contributed by atoms with E-state index in [1.807, 2.05) is 6.92 Å². The van der Waals surface area contributed by atoms with Crippen LogP contribution in [0.3, 0.4) is 0 Å². The number of aliphatic carboxylic acids is 1. The van der Waals surface area contributed by atoms with Crippen molar-refractivity contribution >= 4 is 17.6 Å². The Morgan fingerprint density at radius 2 is 2.04 bits per heavy atom. The summed E-state index contributed by atoms with van der Waals surface area (Å²) in [5.41, 5.74) is -0.184. The van der Waals surface area contributed by atoms with Gasteiger partial charge in [-0.2, -0.15) is 0 Å². The zero-order chi connectivity index (χ0) is 17.4.